The summed E-state index contributed by atoms with van der Waals surface area (Å²) in [6, 6.07) is 5.73. The number of anilines is 1. The number of β-amino-alcohol motifs (C(OH)–C–C–N with tert-alkyl or cyclic N) is 1. The Labute approximate surface area is 153 Å². The Bertz CT molecular complexity index is 740. The molecule has 2 aromatic rings. The maximum Gasteiger partial charge on any atom is 0.220 e. The maximum atomic E-state index is 12.1. The highest BCUT2D eigenvalue weighted by molar-refractivity contribution is 5.76. The lowest BCUT2D eigenvalue weighted by Crippen LogP contribution is -2.54. The number of aromatic nitrogens is 3. The number of piperidine rings is 1. The minimum Gasteiger partial charge on any atom is -0.386 e. The van der Waals surface area contributed by atoms with Gasteiger partial charge in [0.2, 0.25) is 5.91 Å². The first-order chi connectivity index (χ1) is 12.5. The molecule has 1 fully saturated rings. The van der Waals surface area contributed by atoms with Crippen molar-refractivity contribution in [3.63, 3.8) is 0 Å². The van der Waals surface area contributed by atoms with Crippen LogP contribution in [0.4, 0.5) is 5.82 Å². The van der Waals surface area contributed by atoms with Crippen LogP contribution >= 0.6 is 0 Å². The maximum absolute atomic E-state index is 12.1. The van der Waals surface area contributed by atoms with Crippen LogP contribution in [0.15, 0.2) is 36.9 Å². The molecule has 0 bridgehead atoms. The first-order valence-corrected chi connectivity index (χ1v) is 8.96. The molecule has 0 aliphatic carbocycles. The van der Waals surface area contributed by atoms with Gasteiger partial charge in [0.25, 0.3) is 0 Å². The van der Waals surface area contributed by atoms with Gasteiger partial charge in [-0.25, -0.2) is 9.97 Å². The minimum absolute atomic E-state index is 0.0581. The largest absolute Gasteiger partial charge is 0.386 e. The summed E-state index contributed by atoms with van der Waals surface area (Å²) >= 11 is 0. The van der Waals surface area contributed by atoms with E-state index in [1.54, 1.807) is 18.7 Å². The number of pyridine rings is 1. The van der Waals surface area contributed by atoms with Crippen LogP contribution < -0.4 is 10.2 Å². The van der Waals surface area contributed by atoms with Crippen molar-refractivity contribution in [2.45, 2.75) is 38.2 Å². The molecule has 1 unspecified atom stereocenters. The van der Waals surface area contributed by atoms with Crippen LogP contribution in [0.5, 0.6) is 0 Å². The number of nitrogens with one attached hydrogen (secondary N) is 1. The summed E-state index contributed by atoms with van der Waals surface area (Å²) < 4.78 is 0. The lowest BCUT2D eigenvalue weighted by molar-refractivity contribution is -0.122. The number of amides is 1. The van der Waals surface area contributed by atoms with E-state index >= 15 is 0 Å². The predicted octanol–water partition coefficient (Wildman–Crippen LogP) is 1.26. The molecule has 1 amide bonds. The quantitative estimate of drug-likeness (QED) is 0.811. The van der Waals surface area contributed by atoms with Gasteiger partial charge in [-0.1, -0.05) is 6.07 Å². The molecule has 2 N–H and O–H groups in total. The van der Waals surface area contributed by atoms with Gasteiger partial charge in [0, 0.05) is 50.2 Å². The number of nitrogens with zero attached hydrogens (tertiary/aromatic N) is 4. The highest BCUT2D eigenvalue weighted by Crippen LogP contribution is 2.24. The van der Waals surface area contributed by atoms with E-state index in [0.717, 1.165) is 30.0 Å². The Hall–Kier alpha value is -2.54. The molecule has 1 atom stereocenters. The van der Waals surface area contributed by atoms with Crippen LogP contribution in [0.1, 0.15) is 30.5 Å². The summed E-state index contributed by atoms with van der Waals surface area (Å²) in [5.74, 6) is 0.760. The normalized spacial score (nSPS) is 20.0. The average Bonchev–Trinajstić information content (AvgIpc) is 2.66. The molecule has 1 saturated heterocycles. The Morgan fingerprint density at radius 3 is 3.08 bits per heavy atom. The number of hydrogen-bond donors (Lipinski definition) is 2. The van der Waals surface area contributed by atoms with Crippen molar-refractivity contribution in [2.24, 2.45) is 0 Å². The van der Waals surface area contributed by atoms with Crippen LogP contribution in [-0.4, -0.2) is 51.2 Å². The summed E-state index contributed by atoms with van der Waals surface area (Å²) in [5.41, 5.74) is 0.985. The van der Waals surface area contributed by atoms with Crippen LogP contribution in [0.2, 0.25) is 0 Å². The molecule has 7 heteroatoms. The molecule has 0 spiro atoms. The Morgan fingerprint density at radius 1 is 1.42 bits per heavy atom. The standard InChI is InChI=1S/C19H25N5O2/c1-15-10-17(23-14-22-15)24-9-3-7-19(26,13-24)12-21-18(25)6-5-16-4-2-8-20-11-16/h2,4,8,10-11,14,26H,3,5-7,9,12-13H2,1H3,(H,21,25). The zero-order chi connectivity index (χ0) is 18.4. The van der Waals surface area contributed by atoms with E-state index in [4.69, 9.17) is 0 Å². The zero-order valence-corrected chi connectivity index (χ0v) is 15.1. The van der Waals surface area contributed by atoms with Crippen LogP contribution in [0.25, 0.3) is 0 Å². The van der Waals surface area contributed by atoms with Gasteiger partial charge in [-0.15, -0.1) is 0 Å². The fraction of sp³-hybridized carbons (Fsp3) is 0.474. The molecule has 0 saturated carbocycles. The topological polar surface area (TPSA) is 91.2 Å². The fourth-order valence-corrected chi connectivity index (χ4v) is 3.22. The predicted molar refractivity (Wildman–Crippen MR) is 98.7 cm³/mol. The minimum atomic E-state index is -0.943. The van der Waals surface area contributed by atoms with E-state index in [1.807, 2.05) is 25.1 Å². The van der Waals surface area contributed by atoms with Crippen LogP contribution in [-0.2, 0) is 11.2 Å². The summed E-state index contributed by atoms with van der Waals surface area (Å²) in [6.07, 6.45) is 7.57. The van der Waals surface area contributed by atoms with Crippen molar-refractivity contribution in [3.8, 4) is 0 Å². The second kappa shape index (κ2) is 8.23. The Kier molecular flexibility index (Phi) is 5.78. The fourth-order valence-electron chi connectivity index (χ4n) is 3.22. The number of aryl methyl sites for hydroxylation is 2. The third-order valence-corrected chi connectivity index (χ3v) is 4.65. The van der Waals surface area contributed by atoms with Crippen molar-refractivity contribution < 1.29 is 9.90 Å². The molecule has 3 heterocycles. The van der Waals surface area contributed by atoms with Gasteiger partial charge in [-0.2, -0.15) is 0 Å². The molecular formula is C19H25N5O2. The van der Waals surface area contributed by atoms with Gasteiger partial charge in [-0.05, 0) is 37.8 Å². The molecule has 0 radical (unpaired) electrons. The Morgan fingerprint density at radius 2 is 2.31 bits per heavy atom. The second-order valence-corrected chi connectivity index (χ2v) is 6.91. The monoisotopic (exact) mass is 355 g/mol. The van der Waals surface area contributed by atoms with E-state index < -0.39 is 5.60 Å². The molecular weight excluding hydrogens is 330 g/mol. The van der Waals surface area contributed by atoms with Gasteiger partial charge in [0.1, 0.15) is 12.1 Å². The number of carbonyl (C=O) groups excluding carboxylic acids is 1. The SMILES string of the molecule is Cc1cc(N2CCCC(O)(CNC(=O)CCc3cccnc3)C2)ncn1. The number of rotatable bonds is 6. The van der Waals surface area contributed by atoms with Crippen LogP contribution in [0, 0.1) is 6.92 Å². The average molecular weight is 355 g/mol. The summed E-state index contributed by atoms with van der Waals surface area (Å²) in [4.78, 5) is 26.6. The smallest absolute Gasteiger partial charge is 0.220 e. The molecule has 0 aromatic carbocycles. The van der Waals surface area contributed by atoms with E-state index in [1.165, 1.54) is 0 Å². The number of aliphatic hydroxyl groups is 1. The summed E-state index contributed by atoms with van der Waals surface area (Å²) in [5, 5.41) is 13.8. The molecule has 26 heavy (non-hydrogen) atoms. The van der Waals surface area contributed by atoms with Gasteiger partial charge >= 0.3 is 0 Å². The van der Waals surface area contributed by atoms with Gasteiger partial charge in [-0.3, -0.25) is 9.78 Å². The number of carbonyl (C=O) groups is 1. The molecule has 138 valence electrons. The second-order valence-electron chi connectivity index (χ2n) is 6.91. The molecule has 2 aromatic heterocycles. The highest BCUT2D eigenvalue weighted by Gasteiger charge is 2.34. The van der Waals surface area contributed by atoms with Crippen molar-refractivity contribution in [1.82, 2.24) is 20.3 Å². The van der Waals surface area contributed by atoms with Gasteiger partial charge in [0.05, 0.1) is 5.60 Å². The third kappa shape index (κ3) is 4.98. The van der Waals surface area contributed by atoms with E-state index in [-0.39, 0.29) is 12.5 Å². The van der Waals surface area contributed by atoms with Crippen molar-refractivity contribution in [2.75, 3.05) is 24.5 Å². The van der Waals surface area contributed by atoms with Crippen molar-refractivity contribution in [1.29, 1.82) is 0 Å². The molecule has 1 aliphatic rings. The van der Waals surface area contributed by atoms with E-state index in [9.17, 15) is 9.90 Å². The van der Waals surface area contributed by atoms with E-state index in [2.05, 4.69) is 25.2 Å². The molecule has 3 rings (SSSR count). The highest BCUT2D eigenvalue weighted by atomic mass is 16.3. The van der Waals surface area contributed by atoms with Crippen LogP contribution in [0.3, 0.4) is 0 Å². The third-order valence-electron chi connectivity index (χ3n) is 4.65. The lowest BCUT2D eigenvalue weighted by Gasteiger charge is -2.39. The number of hydrogen-bond acceptors (Lipinski definition) is 6. The lowest BCUT2D eigenvalue weighted by atomic mass is 9.92. The van der Waals surface area contributed by atoms with E-state index in [0.29, 0.717) is 25.8 Å². The summed E-state index contributed by atoms with van der Waals surface area (Å²) in [6.45, 7) is 3.46. The first-order valence-electron chi connectivity index (χ1n) is 8.96. The first kappa shape index (κ1) is 18.3. The molecule has 7 nitrogen and oxygen atoms in total. The Balaban J connectivity index is 1.51. The van der Waals surface area contributed by atoms with Gasteiger partial charge in [0.15, 0.2) is 0 Å². The van der Waals surface area contributed by atoms with Crippen molar-refractivity contribution in [3.05, 3.63) is 48.2 Å². The van der Waals surface area contributed by atoms with Gasteiger partial charge < -0.3 is 15.3 Å². The van der Waals surface area contributed by atoms with Crippen molar-refractivity contribution >= 4 is 11.7 Å². The summed E-state index contributed by atoms with van der Waals surface area (Å²) in [7, 11) is 0. The molecule has 1 aliphatic heterocycles. The zero-order valence-electron chi connectivity index (χ0n) is 15.1.